The standard InChI is InChI=1S/C9H15N5OS/c1-3-4-6(7(10)16)8(15)13-9-11-5-12-14(9)2/h5-6H,3-4H2,1-2H3,(H2,10,16)(H,11,12,13,15). The van der Waals surface area contributed by atoms with Gasteiger partial charge in [0.2, 0.25) is 11.9 Å². The first kappa shape index (κ1) is 12.6. The van der Waals surface area contributed by atoms with Gasteiger partial charge in [-0.1, -0.05) is 25.6 Å². The molecule has 1 amide bonds. The molecule has 1 atom stereocenters. The van der Waals surface area contributed by atoms with Gasteiger partial charge in [0.1, 0.15) is 6.33 Å². The third-order valence-electron chi connectivity index (χ3n) is 2.18. The SMILES string of the molecule is CCCC(C(=O)Nc1ncnn1C)C(N)=S. The molecule has 16 heavy (non-hydrogen) atoms. The number of aryl methyl sites for hydroxylation is 1. The van der Waals surface area contributed by atoms with Crippen LogP contribution in [0.3, 0.4) is 0 Å². The summed E-state index contributed by atoms with van der Waals surface area (Å²) in [6.45, 7) is 1.97. The zero-order valence-electron chi connectivity index (χ0n) is 9.30. The van der Waals surface area contributed by atoms with E-state index in [2.05, 4.69) is 15.4 Å². The Labute approximate surface area is 99.2 Å². The predicted molar refractivity (Wildman–Crippen MR) is 64.8 cm³/mol. The molecule has 0 saturated heterocycles. The molecule has 0 aromatic carbocycles. The molecule has 6 nitrogen and oxygen atoms in total. The van der Waals surface area contributed by atoms with Gasteiger partial charge >= 0.3 is 0 Å². The van der Waals surface area contributed by atoms with Gasteiger partial charge in [0.05, 0.1) is 10.9 Å². The third-order valence-corrected chi connectivity index (χ3v) is 2.47. The van der Waals surface area contributed by atoms with Crippen LogP contribution < -0.4 is 11.1 Å². The Morgan fingerprint density at radius 3 is 2.88 bits per heavy atom. The monoisotopic (exact) mass is 241 g/mol. The van der Waals surface area contributed by atoms with E-state index in [1.165, 1.54) is 11.0 Å². The number of nitrogens with two attached hydrogens (primary N) is 1. The maximum Gasteiger partial charge on any atom is 0.236 e. The number of hydrogen-bond acceptors (Lipinski definition) is 4. The summed E-state index contributed by atoms with van der Waals surface area (Å²) < 4.78 is 1.47. The highest BCUT2D eigenvalue weighted by molar-refractivity contribution is 7.80. The van der Waals surface area contributed by atoms with E-state index in [9.17, 15) is 4.79 Å². The zero-order valence-corrected chi connectivity index (χ0v) is 10.1. The summed E-state index contributed by atoms with van der Waals surface area (Å²) >= 11 is 4.86. The van der Waals surface area contributed by atoms with Gasteiger partial charge in [-0.05, 0) is 6.42 Å². The van der Waals surface area contributed by atoms with Crippen molar-refractivity contribution in [3.05, 3.63) is 6.33 Å². The smallest absolute Gasteiger partial charge is 0.236 e. The highest BCUT2D eigenvalue weighted by Crippen LogP contribution is 2.10. The quantitative estimate of drug-likeness (QED) is 0.731. The first-order valence-electron chi connectivity index (χ1n) is 5.00. The topological polar surface area (TPSA) is 85.8 Å². The molecule has 1 aromatic heterocycles. The molecular weight excluding hydrogens is 226 g/mol. The number of carbonyl (C=O) groups is 1. The number of nitrogens with one attached hydrogen (secondary N) is 1. The van der Waals surface area contributed by atoms with Crippen molar-refractivity contribution in [2.24, 2.45) is 18.7 Å². The van der Waals surface area contributed by atoms with E-state index in [4.69, 9.17) is 18.0 Å². The second kappa shape index (κ2) is 5.55. The lowest BCUT2D eigenvalue weighted by atomic mass is 10.0. The van der Waals surface area contributed by atoms with Gasteiger partial charge in [-0.2, -0.15) is 10.1 Å². The van der Waals surface area contributed by atoms with Crippen molar-refractivity contribution >= 4 is 29.1 Å². The molecular formula is C9H15N5OS. The lowest BCUT2D eigenvalue weighted by molar-refractivity contribution is -0.118. The summed E-state index contributed by atoms with van der Waals surface area (Å²) in [4.78, 5) is 15.9. The van der Waals surface area contributed by atoms with Crippen LogP contribution in [-0.4, -0.2) is 25.7 Å². The fraction of sp³-hybridized carbons (Fsp3) is 0.556. The van der Waals surface area contributed by atoms with Crippen molar-refractivity contribution < 1.29 is 4.79 Å². The molecule has 0 saturated carbocycles. The lowest BCUT2D eigenvalue weighted by Crippen LogP contribution is -2.33. The van der Waals surface area contributed by atoms with Crippen molar-refractivity contribution in [3.8, 4) is 0 Å². The molecule has 3 N–H and O–H groups in total. The molecule has 1 aromatic rings. The Kier molecular flexibility index (Phi) is 4.36. The van der Waals surface area contributed by atoms with Gasteiger partial charge in [-0.15, -0.1) is 0 Å². The minimum Gasteiger partial charge on any atom is -0.393 e. The number of rotatable bonds is 5. The number of amides is 1. The molecule has 0 aliphatic rings. The van der Waals surface area contributed by atoms with Crippen LogP contribution in [-0.2, 0) is 11.8 Å². The number of thiocarbonyl (C=S) groups is 1. The van der Waals surface area contributed by atoms with Crippen LogP contribution in [0.5, 0.6) is 0 Å². The number of hydrogen-bond donors (Lipinski definition) is 2. The molecule has 1 rings (SSSR count). The van der Waals surface area contributed by atoms with E-state index in [1.54, 1.807) is 7.05 Å². The molecule has 0 aliphatic carbocycles. The Balaban J connectivity index is 2.69. The van der Waals surface area contributed by atoms with Crippen molar-refractivity contribution in [2.75, 3.05) is 5.32 Å². The maximum atomic E-state index is 11.8. The molecule has 0 bridgehead atoms. The summed E-state index contributed by atoms with van der Waals surface area (Å²) in [6.07, 6.45) is 2.85. The third kappa shape index (κ3) is 2.99. The summed E-state index contributed by atoms with van der Waals surface area (Å²) in [5, 5.41) is 6.49. The molecule has 88 valence electrons. The van der Waals surface area contributed by atoms with Crippen LogP contribution >= 0.6 is 12.2 Å². The van der Waals surface area contributed by atoms with Crippen LogP contribution in [0.2, 0.25) is 0 Å². The summed E-state index contributed by atoms with van der Waals surface area (Å²) in [5.74, 6) is -0.287. The van der Waals surface area contributed by atoms with E-state index < -0.39 is 5.92 Å². The largest absolute Gasteiger partial charge is 0.393 e. The minimum atomic E-state index is -0.448. The highest BCUT2D eigenvalue weighted by Gasteiger charge is 2.21. The van der Waals surface area contributed by atoms with E-state index in [-0.39, 0.29) is 10.9 Å². The van der Waals surface area contributed by atoms with Crippen LogP contribution in [0.1, 0.15) is 19.8 Å². The summed E-state index contributed by atoms with van der Waals surface area (Å²) in [6, 6.07) is 0. The van der Waals surface area contributed by atoms with Gasteiger partial charge in [0.25, 0.3) is 0 Å². The Hall–Kier alpha value is -1.50. The maximum absolute atomic E-state index is 11.8. The van der Waals surface area contributed by atoms with Gasteiger partial charge in [0, 0.05) is 7.05 Å². The van der Waals surface area contributed by atoms with Crippen LogP contribution in [0.25, 0.3) is 0 Å². The molecule has 0 fully saturated rings. The normalized spacial score (nSPS) is 12.1. The Morgan fingerprint density at radius 2 is 2.44 bits per heavy atom. The number of aromatic nitrogens is 3. The van der Waals surface area contributed by atoms with Gasteiger partial charge in [0.15, 0.2) is 0 Å². The van der Waals surface area contributed by atoms with E-state index in [0.717, 1.165) is 6.42 Å². The minimum absolute atomic E-state index is 0.210. The van der Waals surface area contributed by atoms with Crippen molar-refractivity contribution in [2.45, 2.75) is 19.8 Å². The van der Waals surface area contributed by atoms with Crippen molar-refractivity contribution in [1.29, 1.82) is 0 Å². The van der Waals surface area contributed by atoms with Crippen LogP contribution in [0.15, 0.2) is 6.33 Å². The predicted octanol–water partition coefficient (Wildman–Crippen LogP) is 0.456. The van der Waals surface area contributed by atoms with Crippen molar-refractivity contribution in [1.82, 2.24) is 14.8 Å². The Bertz CT molecular complexity index is 389. The lowest BCUT2D eigenvalue weighted by Gasteiger charge is -2.13. The number of carbonyl (C=O) groups excluding carboxylic acids is 1. The molecule has 1 unspecified atom stereocenters. The molecule has 1 heterocycles. The van der Waals surface area contributed by atoms with Gasteiger partial charge in [-0.25, -0.2) is 4.68 Å². The van der Waals surface area contributed by atoms with E-state index in [0.29, 0.717) is 12.4 Å². The van der Waals surface area contributed by atoms with Gasteiger partial charge in [-0.3, -0.25) is 10.1 Å². The second-order valence-electron chi connectivity index (χ2n) is 3.44. The highest BCUT2D eigenvalue weighted by atomic mass is 32.1. The molecule has 7 heteroatoms. The molecule has 0 spiro atoms. The first-order chi connectivity index (χ1) is 7.56. The van der Waals surface area contributed by atoms with Crippen molar-refractivity contribution in [3.63, 3.8) is 0 Å². The first-order valence-corrected chi connectivity index (χ1v) is 5.41. The molecule has 0 aliphatic heterocycles. The van der Waals surface area contributed by atoms with E-state index in [1.807, 2.05) is 6.92 Å². The summed E-state index contributed by atoms with van der Waals surface area (Å²) in [5.41, 5.74) is 5.52. The average Bonchev–Trinajstić information content (AvgIpc) is 2.60. The zero-order chi connectivity index (χ0) is 12.1. The van der Waals surface area contributed by atoms with Gasteiger partial charge < -0.3 is 5.73 Å². The second-order valence-corrected chi connectivity index (χ2v) is 3.91. The molecule has 0 radical (unpaired) electrons. The van der Waals surface area contributed by atoms with E-state index >= 15 is 0 Å². The fourth-order valence-corrected chi connectivity index (χ4v) is 1.52. The Morgan fingerprint density at radius 1 is 1.75 bits per heavy atom. The van der Waals surface area contributed by atoms with Crippen LogP contribution in [0, 0.1) is 5.92 Å². The summed E-state index contributed by atoms with van der Waals surface area (Å²) in [7, 11) is 1.69. The number of anilines is 1. The number of nitrogens with zero attached hydrogens (tertiary/aromatic N) is 3. The van der Waals surface area contributed by atoms with Crippen LogP contribution in [0.4, 0.5) is 5.95 Å². The average molecular weight is 241 g/mol. The fourth-order valence-electron chi connectivity index (χ4n) is 1.30.